The minimum atomic E-state index is -0.418. The molecule has 0 saturated heterocycles. The Balaban J connectivity index is 2.51. The van der Waals surface area contributed by atoms with Gasteiger partial charge in [-0.05, 0) is 35.9 Å². The van der Waals surface area contributed by atoms with Gasteiger partial charge in [-0.1, -0.05) is 23.7 Å². The lowest BCUT2D eigenvalue weighted by atomic mass is 10.0. The van der Waals surface area contributed by atoms with Gasteiger partial charge in [-0.25, -0.2) is 4.79 Å². The van der Waals surface area contributed by atoms with Crippen LogP contribution in [0.15, 0.2) is 42.5 Å². The molecule has 0 spiro atoms. The fourth-order valence-electron chi connectivity index (χ4n) is 1.67. The average Bonchev–Trinajstić information content (AvgIpc) is 2.40. The van der Waals surface area contributed by atoms with E-state index in [2.05, 4.69) is 4.74 Å². The molecule has 0 aliphatic carbocycles. The Hall–Kier alpha value is -2.00. The summed E-state index contributed by atoms with van der Waals surface area (Å²) in [4.78, 5) is 11.4. The number of carbonyl (C=O) groups is 1. The largest absolute Gasteiger partial charge is 0.507 e. The second-order valence-electron chi connectivity index (χ2n) is 3.73. The van der Waals surface area contributed by atoms with E-state index in [1.165, 1.54) is 13.2 Å². The van der Waals surface area contributed by atoms with E-state index in [0.717, 1.165) is 0 Å². The molecule has 0 unspecified atom stereocenters. The highest BCUT2D eigenvalue weighted by Crippen LogP contribution is 2.32. The highest BCUT2D eigenvalue weighted by molar-refractivity contribution is 6.31. The van der Waals surface area contributed by atoms with Gasteiger partial charge < -0.3 is 9.84 Å². The van der Waals surface area contributed by atoms with Crippen molar-refractivity contribution in [2.75, 3.05) is 7.11 Å². The number of rotatable bonds is 2. The van der Waals surface area contributed by atoms with E-state index in [1.807, 2.05) is 0 Å². The maximum absolute atomic E-state index is 11.4. The van der Waals surface area contributed by atoms with E-state index in [4.69, 9.17) is 11.6 Å². The van der Waals surface area contributed by atoms with Crippen molar-refractivity contribution in [3.05, 3.63) is 53.1 Å². The molecule has 0 amide bonds. The molecule has 0 saturated carbocycles. The van der Waals surface area contributed by atoms with E-state index >= 15 is 0 Å². The summed E-state index contributed by atoms with van der Waals surface area (Å²) in [5.74, 6) is -0.306. The zero-order chi connectivity index (χ0) is 13.1. The third-order valence-corrected chi connectivity index (χ3v) is 2.79. The summed E-state index contributed by atoms with van der Waals surface area (Å²) < 4.78 is 4.65. The highest BCUT2D eigenvalue weighted by atomic mass is 35.5. The third-order valence-electron chi connectivity index (χ3n) is 2.55. The smallest absolute Gasteiger partial charge is 0.337 e. The number of ether oxygens (including phenoxy) is 1. The van der Waals surface area contributed by atoms with Crippen LogP contribution in [0.3, 0.4) is 0 Å². The number of phenols is 1. The van der Waals surface area contributed by atoms with Crippen molar-refractivity contribution in [1.82, 2.24) is 0 Å². The Morgan fingerprint density at radius 1 is 1.22 bits per heavy atom. The van der Waals surface area contributed by atoms with E-state index in [1.54, 1.807) is 36.4 Å². The van der Waals surface area contributed by atoms with Crippen LogP contribution in [-0.4, -0.2) is 18.2 Å². The van der Waals surface area contributed by atoms with Crippen LogP contribution in [0, 0.1) is 0 Å². The molecule has 0 fully saturated rings. The molecule has 3 nitrogen and oxygen atoms in total. The number of esters is 1. The van der Waals surface area contributed by atoms with Crippen molar-refractivity contribution in [3.8, 4) is 16.9 Å². The topological polar surface area (TPSA) is 46.5 Å². The maximum atomic E-state index is 11.4. The minimum absolute atomic E-state index is 0.112. The first-order valence-corrected chi connectivity index (χ1v) is 5.67. The summed E-state index contributed by atoms with van der Waals surface area (Å²) in [5, 5.41) is 10.3. The molecule has 0 bridgehead atoms. The van der Waals surface area contributed by atoms with Crippen LogP contribution in [0.4, 0.5) is 0 Å². The van der Waals surface area contributed by atoms with Crippen LogP contribution < -0.4 is 0 Å². The summed E-state index contributed by atoms with van der Waals surface area (Å²) >= 11 is 5.89. The number of benzene rings is 2. The number of hydrogen-bond acceptors (Lipinski definition) is 3. The van der Waals surface area contributed by atoms with Crippen molar-refractivity contribution >= 4 is 17.6 Å². The van der Waals surface area contributed by atoms with Gasteiger partial charge in [0.1, 0.15) is 5.75 Å². The van der Waals surface area contributed by atoms with Crippen molar-refractivity contribution < 1.29 is 14.6 Å². The lowest BCUT2D eigenvalue weighted by Gasteiger charge is -2.07. The van der Waals surface area contributed by atoms with Gasteiger partial charge in [0.2, 0.25) is 0 Å². The molecule has 0 aliphatic rings. The summed E-state index contributed by atoms with van der Waals surface area (Å²) in [6.45, 7) is 0. The lowest BCUT2D eigenvalue weighted by molar-refractivity contribution is 0.0601. The van der Waals surface area contributed by atoms with Crippen molar-refractivity contribution in [2.45, 2.75) is 0 Å². The summed E-state index contributed by atoms with van der Waals surface area (Å²) in [5.41, 5.74) is 1.71. The molecule has 92 valence electrons. The quantitative estimate of drug-likeness (QED) is 0.843. The minimum Gasteiger partial charge on any atom is -0.507 e. The molecule has 2 aromatic rings. The van der Waals surface area contributed by atoms with Crippen molar-refractivity contribution in [2.24, 2.45) is 0 Å². The van der Waals surface area contributed by atoms with Crippen molar-refractivity contribution in [1.29, 1.82) is 0 Å². The molecule has 0 radical (unpaired) electrons. The number of hydrogen-bond donors (Lipinski definition) is 1. The monoisotopic (exact) mass is 262 g/mol. The molecule has 0 atom stereocenters. The maximum Gasteiger partial charge on any atom is 0.337 e. The Morgan fingerprint density at radius 3 is 2.72 bits per heavy atom. The van der Waals surface area contributed by atoms with Crippen LogP contribution in [0.1, 0.15) is 10.4 Å². The van der Waals surface area contributed by atoms with E-state index in [9.17, 15) is 9.90 Å². The van der Waals surface area contributed by atoms with Crippen LogP contribution >= 0.6 is 11.6 Å². The lowest BCUT2D eigenvalue weighted by Crippen LogP contribution is -2.00. The highest BCUT2D eigenvalue weighted by Gasteiger charge is 2.09. The molecule has 2 rings (SSSR count). The van der Waals surface area contributed by atoms with Crippen LogP contribution in [0.5, 0.6) is 5.75 Å². The van der Waals surface area contributed by atoms with E-state index in [-0.39, 0.29) is 5.75 Å². The third kappa shape index (κ3) is 2.46. The fraction of sp³-hybridized carbons (Fsp3) is 0.0714. The van der Waals surface area contributed by atoms with Gasteiger partial charge in [0.05, 0.1) is 12.7 Å². The molecule has 2 aromatic carbocycles. The van der Waals surface area contributed by atoms with Gasteiger partial charge in [-0.15, -0.1) is 0 Å². The zero-order valence-corrected chi connectivity index (χ0v) is 10.4. The second-order valence-corrected chi connectivity index (χ2v) is 4.17. The Kier molecular flexibility index (Phi) is 3.53. The number of aromatic hydroxyl groups is 1. The van der Waals surface area contributed by atoms with Crippen LogP contribution in [0.2, 0.25) is 5.02 Å². The normalized spacial score (nSPS) is 10.1. The number of phenolic OH excluding ortho intramolecular Hbond substituents is 1. The SMILES string of the molecule is COC(=O)c1cccc(-c2cc(Cl)ccc2O)c1. The van der Waals surface area contributed by atoms with Gasteiger partial charge in [0.25, 0.3) is 0 Å². The van der Waals surface area contributed by atoms with Crippen LogP contribution in [-0.2, 0) is 4.74 Å². The first-order chi connectivity index (χ1) is 8.61. The van der Waals surface area contributed by atoms with E-state index < -0.39 is 5.97 Å². The van der Waals surface area contributed by atoms with Gasteiger partial charge in [-0.3, -0.25) is 0 Å². The molecule has 1 N–H and O–H groups in total. The van der Waals surface area contributed by atoms with Crippen molar-refractivity contribution in [3.63, 3.8) is 0 Å². The first kappa shape index (κ1) is 12.5. The van der Waals surface area contributed by atoms with Gasteiger partial charge >= 0.3 is 5.97 Å². The molecular weight excluding hydrogens is 252 g/mol. The number of halogens is 1. The van der Waals surface area contributed by atoms with Crippen LogP contribution in [0.25, 0.3) is 11.1 Å². The van der Waals surface area contributed by atoms with Gasteiger partial charge in [-0.2, -0.15) is 0 Å². The second kappa shape index (κ2) is 5.10. The number of carbonyl (C=O) groups excluding carboxylic acids is 1. The first-order valence-electron chi connectivity index (χ1n) is 5.29. The number of methoxy groups -OCH3 is 1. The summed E-state index contributed by atoms with van der Waals surface area (Å²) in [6, 6.07) is 11.6. The fourth-order valence-corrected chi connectivity index (χ4v) is 1.84. The summed E-state index contributed by atoms with van der Waals surface area (Å²) in [7, 11) is 1.33. The molecule has 4 heteroatoms. The Labute approximate surface area is 110 Å². The molecular formula is C14H11ClO3. The zero-order valence-electron chi connectivity index (χ0n) is 9.68. The predicted molar refractivity (Wildman–Crippen MR) is 69.9 cm³/mol. The standard InChI is InChI=1S/C14H11ClO3/c1-18-14(17)10-4-2-3-9(7-10)12-8-11(15)5-6-13(12)16/h2-8,16H,1H3. The Bertz CT molecular complexity index is 593. The van der Waals surface area contributed by atoms with Gasteiger partial charge in [0.15, 0.2) is 0 Å². The molecule has 0 heterocycles. The molecule has 18 heavy (non-hydrogen) atoms. The molecule has 0 aromatic heterocycles. The summed E-state index contributed by atoms with van der Waals surface area (Å²) in [6.07, 6.45) is 0. The Morgan fingerprint density at radius 2 is 2.00 bits per heavy atom. The average molecular weight is 263 g/mol. The van der Waals surface area contributed by atoms with E-state index in [0.29, 0.717) is 21.7 Å². The molecule has 0 aliphatic heterocycles. The van der Waals surface area contributed by atoms with Gasteiger partial charge in [0, 0.05) is 10.6 Å². The predicted octanol–water partition coefficient (Wildman–Crippen LogP) is 3.50.